The van der Waals surface area contributed by atoms with Crippen LogP contribution in [0.1, 0.15) is 35.8 Å². The molecule has 188 valence electrons. The number of alkyl halides is 3. The van der Waals surface area contributed by atoms with E-state index in [1.54, 1.807) is 13.8 Å². The fraction of sp³-hybridized carbons (Fsp3) is 0.160. The lowest BCUT2D eigenvalue weighted by Crippen LogP contribution is -2.41. The number of carboxylic acids is 1. The molecular weight excluding hydrogens is 491 g/mol. The summed E-state index contributed by atoms with van der Waals surface area (Å²) >= 11 is 0. The Morgan fingerprint density at radius 2 is 1.76 bits per heavy atom. The first-order valence-electron chi connectivity index (χ1n) is 10.8. The summed E-state index contributed by atoms with van der Waals surface area (Å²) in [6.07, 6.45) is -2.63. The van der Waals surface area contributed by atoms with Gasteiger partial charge in [-0.15, -0.1) is 0 Å². The predicted octanol–water partition coefficient (Wildman–Crippen LogP) is 4.70. The van der Waals surface area contributed by atoms with Crippen LogP contribution in [0.5, 0.6) is 0 Å². The molecule has 0 saturated carbocycles. The highest BCUT2D eigenvalue weighted by Gasteiger charge is 2.31. The molecule has 0 aliphatic rings. The molecule has 0 amide bonds. The maximum Gasteiger partial charge on any atom is 0.416 e. The molecular formula is C25H18F3N5O4. The van der Waals surface area contributed by atoms with Gasteiger partial charge in [0, 0.05) is 12.2 Å². The zero-order chi connectivity index (χ0) is 27.1. The Labute approximate surface area is 207 Å². The monoisotopic (exact) mass is 509 g/mol. The lowest BCUT2D eigenvalue weighted by molar-refractivity contribution is -0.137. The lowest BCUT2D eigenvalue weighted by atomic mass is 10.1. The summed E-state index contributed by atoms with van der Waals surface area (Å²) in [7, 11) is 0. The Bertz CT molecular complexity index is 1670. The topological polar surface area (TPSA) is 103 Å². The van der Waals surface area contributed by atoms with Crippen molar-refractivity contribution in [3.63, 3.8) is 0 Å². The van der Waals surface area contributed by atoms with E-state index < -0.39 is 35.0 Å². The normalized spacial score (nSPS) is 11.5. The number of nitrogens with zero attached hydrogens (tertiary/aromatic N) is 5. The van der Waals surface area contributed by atoms with Crippen molar-refractivity contribution < 1.29 is 23.1 Å². The Hall–Kier alpha value is -4.92. The minimum Gasteiger partial charge on any atom is -0.478 e. The third-order valence-electron chi connectivity index (χ3n) is 5.57. The van der Waals surface area contributed by atoms with E-state index in [2.05, 4.69) is 9.94 Å². The standard InChI is InChI=1S/C25H18F3N5O4/c1-14(2)32-22(34)20(13-31(24(32)37)18-6-4-5-15(11-18)25(26,27)28)21-19(23(35)36)12-30-33(21)17-9-7-16(29-3)8-10-17/h4-14H,1-2H3,(H,35,36). The zero-order valence-electron chi connectivity index (χ0n) is 19.4. The summed E-state index contributed by atoms with van der Waals surface area (Å²) < 4.78 is 42.9. The molecule has 0 aliphatic carbocycles. The van der Waals surface area contributed by atoms with Gasteiger partial charge in [-0.1, -0.05) is 18.2 Å². The Morgan fingerprint density at radius 3 is 2.32 bits per heavy atom. The smallest absolute Gasteiger partial charge is 0.416 e. The number of hydrogen-bond acceptors (Lipinski definition) is 4. The first kappa shape index (κ1) is 25.2. The van der Waals surface area contributed by atoms with Crippen LogP contribution < -0.4 is 11.2 Å². The number of halogens is 3. The number of benzene rings is 2. The maximum atomic E-state index is 13.5. The highest BCUT2D eigenvalue weighted by Crippen LogP contribution is 2.31. The van der Waals surface area contributed by atoms with E-state index in [0.29, 0.717) is 11.4 Å². The van der Waals surface area contributed by atoms with Crippen LogP contribution in [-0.4, -0.2) is 30.0 Å². The molecule has 0 fully saturated rings. The number of carboxylic acid groups (broad SMARTS) is 1. The second-order valence-corrected chi connectivity index (χ2v) is 8.26. The van der Waals surface area contributed by atoms with Crippen molar-refractivity contribution in [1.29, 1.82) is 0 Å². The number of aromatic carboxylic acids is 1. The molecule has 12 heteroatoms. The number of hydrogen-bond donors (Lipinski definition) is 1. The van der Waals surface area contributed by atoms with E-state index in [1.165, 1.54) is 35.0 Å². The lowest BCUT2D eigenvalue weighted by Gasteiger charge is -2.17. The predicted molar refractivity (Wildman–Crippen MR) is 127 cm³/mol. The highest BCUT2D eigenvalue weighted by molar-refractivity contribution is 5.95. The quantitative estimate of drug-likeness (QED) is 0.393. The van der Waals surface area contributed by atoms with Crippen molar-refractivity contribution in [3.05, 3.63) is 104 Å². The van der Waals surface area contributed by atoms with E-state index in [4.69, 9.17) is 6.57 Å². The number of carbonyl (C=O) groups is 1. The number of rotatable bonds is 5. The maximum absolute atomic E-state index is 13.5. The average molecular weight is 509 g/mol. The van der Waals surface area contributed by atoms with Gasteiger partial charge in [0.15, 0.2) is 5.69 Å². The summed E-state index contributed by atoms with van der Waals surface area (Å²) in [4.78, 5) is 42.1. The third kappa shape index (κ3) is 4.54. The molecule has 0 atom stereocenters. The Kier molecular flexibility index (Phi) is 6.31. The molecule has 9 nitrogen and oxygen atoms in total. The van der Waals surface area contributed by atoms with Gasteiger partial charge in [0.2, 0.25) is 0 Å². The first-order chi connectivity index (χ1) is 17.4. The van der Waals surface area contributed by atoms with Crippen LogP contribution in [0.15, 0.2) is 70.5 Å². The van der Waals surface area contributed by atoms with Gasteiger partial charge in [-0.25, -0.2) is 19.1 Å². The van der Waals surface area contributed by atoms with Crippen LogP contribution in [0.25, 0.3) is 27.5 Å². The van der Waals surface area contributed by atoms with Crippen molar-refractivity contribution in [1.82, 2.24) is 18.9 Å². The molecule has 2 heterocycles. The molecule has 2 aromatic carbocycles. The second kappa shape index (κ2) is 9.27. The molecule has 0 radical (unpaired) electrons. The molecule has 0 saturated heterocycles. The van der Waals surface area contributed by atoms with E-state index in [1.807, 2.05) is 0 Å². The van der Waals surface area contributed by atoms with Gasteiger partial charge in [0.1, 0.15) is 5.56 Å². The van der Waals surface area contributed by atoms with Gasteiger partial charge in [-0.2, -0.15) is 18.3 Å². The van der Waals surface area contributed by atoms with Gasteiger partial charge >= 0.3 is 17.8 Å². The average Bonchev–Trinajstić information content (AvgIpc) is 3.29. The van der Waals surface area contributed by atoms with E-state index in [9.17, 15) is 32.7 Å². The Morgan fingerprint density at radius 1 is 1.08 bits per heavy atom. The highest BCUT2D eigenvalue weighted by atomic mass is 19.4. The summed E-state index contributed by atoms with van der Waals surface area (Å²) in [5, 5.41) is 13.9. The van der Waals surface area contributed by atoms with Crippen LogP contribution in [-0.2, 0) is 6.18 Å². The van der Waals surface area contributed by atoms with Gasteiger partial charge in [-0.05, 0) is 44.2 Å². The largest absolute Gasteiger partial charge is 0.478 e. The van der Waals surface area contributed by atoms with Crippen molar-refractivity contribution in [2.45, 2.75) is 26.1 Å². The molecule has 2 aromatic heterocycles. The van der Waals surface area contributed by atoms with Gasteiger partial charge in [-0.3, -0.25) is 13.9 Å². The van der Waals surface area contributed by atoms with Crippen LogP contribution in [0.3, 0.4) is 0 Å². The Balaban J connectivity index is 2.08. The van der Waals surface area contributed by atoms with Gasteiger partial charge in [0.25, 0.3) is 5.56 Å². The van der Waals surface area contributed by atoms with E-state index >= 15 is 0 Å². The molecule has 0 unspecified atom stereocenters. The summed E-state index contributed by atoms with van der Waals surface area (Å²) in [5.74, 6) is -1.41. The first-order valence-corrected chi connectivity index (χ1v) is 10.8. The SMILES string of the molecule is [C-]#[N+]c1ccc(-n2ncc(C(=O)O)c2-c2cn(-c3cccc(C(F)(F)F)c3)c(=O)n(C(C)C)c2=O)cc1. The molecule has 0 bridgehead atoms. The van der Waals surface area contributed by atoms with E-state index in [-0.39, 0.29) is 22.5 Å². The zero-order valence-corrected chi connectivity index (χ0v) is 19.4. The fourth-order valence-corrected chi connectivity index (χ4v) is 3.84. The van der Waals surface area contributed by atoms with Crippen LogP contribution in [0, 0.1) is 6.57 Å². The van der Waals surface area contributed by atoms with Crippen LogP contribution in [0.4, 0.5) is 18.9 Å². The van der Waals surface area contributed by atoms with Gasteiger partial charge < -0.3 is 5.11 Å². The van der Waals surface area contributed by atoms with Crippen molar-refractivity contribution in [3.8, 4) is 22.6 Å². The van der Waals surface area contributed by atoms with Crippen molar-refractivity contribution in [2.24, 2.45) is 0 Å². The fourth-order valence-electron chi connectivity index (χ4n) is 3.84. The molecule has 1 N–H and O–H groups in total. The summed E-state index contributed by atoms with van der Waals surface area (Å²) in [6.45, 7) is 10.2. The van der Waals surface area contributed by atoms with Crippen molar-refractivity contribution >= 4 is 11.7 Å². The van der Waals surface area contributed by atoms with Crippen molar-refractivity contribution in [2.75, 3.05) is 0 Å². The van der Waals surface area contributed by atoms with E-state index in [0.717, 1.165) is 39.7 Å². The summed E-state index contributed by atoms with van der Waals surface area (Å²) in [6, 6.07) is 9.25. The summed E-state index contributed by atoms with van der Waals surface area (Å²) in [5.41, 5.74) is -3.08. The van der Waals surface area contributed by atoms with Gasteiger partial charge in [0.05, 0.1) is 41.0 Å². The molecule has 0 spiro atoms. The molecule has 0 aliphatic heterocycles. The minimum atomic E-state index is -4.68. The molecule has 4 aromatic rings. The molecule has 4 rings (SSSR count). The third-order valence-corrected chi connectivity index (χ3v) is 5.57. The van der Waals surface area contributed by atoms with Crippen LogP contribution >= 0.6 is 0 Å². The van der Waals surface area contributed by atoms with Crippen LogP contribution in [0.2, 0.25) is 0 Å². The number of aromatic nitrogens is 4. The second-order valence-electron chi connectivity index (χ2n) is 8.26. The minimum absolute atomic E-state index is 0.167. The molecule has 37 heavy (non-hydrogen) atoms.